The molecule has 80 heavy (non-hydrogen) atoms. The topological polar surface area (TPSA) is 6.48 Å². The molecule has 13 aromatic rings. The maximum atomic E-state index is 2.49. The number of nitrogens with zero attached hydrogens (tertiary/aromatic N) is 2. The van der Waals surface area contributed by atoms with E-state index in [1.54, 1.807) is 0 Å². The van der Waals surface area contributed by atoms with Crippen LogP contribution in [0.2, 0.25) is 0 Å². The molecule has 2 nitrogen and oxygen atoms in total. The molecule has 0 aromatic heterocycles. The highest BCUT2D eigenvalue weighted by Crippen LogP contribution is 2.53. The van der Waals surface area contributed by atoms with Crippen LogP contribution in [0, 0.1) is 13.8 Å². The molecule has 1 aliphatic rings. The average molecular weight is 1030 g/mol. The first kappa shape index (κ1) is 48.8. The Balaban J connectivity index is 0.776. The van der Waals surface area contributed by atoms with E-state index in [2.05, 4.69) is 318 Å². The smallest absolute Gasteiger partial charge is 0.0618 e. The number of hydrogen-bond acceptors (Lipinski definition) is 2. The highest BCUT2D eigenvalue weighted by molar-refractivity contribution is 6.15. The number of fused-ring (bicyclic) bond motifs is 7. The predicted octanol–water partition coefficient (Wildman–Crippen LogP) is 21.8. The zero-order valence-electron chi connectivity index (χ0n) is 46.3. The van der Waals surface area contributed by atoms with Crippen LogP contribution in [0.15, 0.2) is 267 Å². The minimum atomic E-state index is -0.301. The summed E-state index contributed by atoms with van der Waals surface area (Å²) in [6.45, 7) is 13.8. The minimum absolute atomic E-state index is 0.230. The van der Waals surface area contributed by atoms with E-state index >= 15 is 0 Å². The summed E-state index contributed by atoms with van der Waals surface area (Å²) in [6, 6.07) is 99.6. The molecular weight excluding hydrogens is 965 g/mol. The van der Waals surface area contributed by atoms with E-state index in [1.807, 2.05) is 0 Å². The highest BCUT2D eigenvalue weighted by Gasteiger charge is 2.37. The molecule has 13 aromatic carbocycles. The molecule has 0 amide bonds. The van der Waals surface area contributed by atoms with Gasteiger partial charge in [-0.1, -0.05) is 239 Å². The number of hydrogen-bond donors (Lipinski definition) is 0. The van der Waals surface area contributed by atoms with Crippen LogP contribution in [0.1, 0.15) is 61.1 Å². The Morgan fingerprint density at radius 1 is 0.300 bits per heavy atom. The fourth-order valence-corrected chi connectivity index (χ4v) is 12.9. The maximum Gasteiger partial charge on any atom is 0.0618 e. The summed E-state index contributed by atoms with van der Waals surface area (Å²) in [5.41, 5.74) is 21.6. The lowest BCUT2D eigenvalue weighted by atomic mass is 9.77. The van der Waals surface area contributed by atoms with Gasteiger partial charge in [0.1, 0.15) is 0 Å². The van der Waals surface area contributed by atoms with Crippen LogP contribution in [-0.2, 0) is 10.8 Å². The molecular formula is C78H62N2. The van der Waals surface area contributed by atoms with Crippen LogP contribution in [0.3, 0.4) is 0 Å². The molecule has 0 aliphatic heterocycles. The van der Waals surface area contributed by atoms with Gasteiger partial charge in [0.2, 0.25) is 0 Å². The molecule has 14 rings (SSSR count). The van der Waals surface area contributed by atoms with E-state index in [1.165, 1.54) is 121 Å². The zero-order chi connectivity index (χ0) is 54.3. The van der Waals surface area contributed by atoms with Crippen molar-refractivity contribution in [3.8, 4) is 33.4 Å². The van der Waals surface area contributed by atoms with Crippen molar-refractivity contribution in [1.82, 2.24) is 0 Å². The van der Waals surface area contributed by atoms with Gasteiger partial charge in [0.05, 0.1) is 11.4 Å². The van der Waals surface area contributed by atoms with Gasteiger partial charge in [0.15, 0.2) is 0 Å². The molecule has 0 radical (unpaired) electrons. The number of rotatable bonds is 10. The van der Waals surface area contributed by atoms with E-state index in [0.717, 1.165) is 22.7 Å². The maximum absolute atomic E-state index is 2.49. The van der Waals surface area contributed by atoms with Gasteiger partial charge in [-0.15, -0.1) is 0 Å². The Morgan fingerprint density at radius 3 is 1.16 bits per heavy atom. The van der Waals surface area contributed by atoms with Gasteiger partial charge in [-0.25, -0.2) is 0 Å². The predicted molar refractivity (Wildman–Crippen MR) is 342 cm³/mol. The van der Waals surface area contributed by atoms with Gasteiger partial charge in [-0.3, -0.25) is 0 Å². The Labute approximate surface area is 470 Å². The zero-order valence-corrected chi connectivity index (χ0v) is 46.3. The van der Waals surface area contributed by atoms with Crippen molar-refractivity contribution >= 4 is 77.2 Å². The molecule has 0 N–H and O–H groups in total. The normalized spacial score (nSPS) is 12.7. The molecule has 2 heteroatoms. The largest absolute Gasteiger partial charge is 0.309 e. The first-order chi connectivity index (χ1) is 39.0. The van der Waals surface area contributed by atoms with Gasteiger partial charge in [0, 0.05) is 55.1 Å². The summed E-state index contributed by atoms with van der Waals surface area (Å²) in [5.74, 6) is 0. The van der Waals surface area contributed by atoms with Crippen LogP contribution in [0.25, 0.3) is 76.5 Å². The molecule has 0 bridgehead atoms. The van der Waals surface area contributed by atoms with E-state index in [9.17, 15) is 0 Å². The second kappa shape index (κ2) is 19.1. The third-order valence-electron chi connectivity index (χ3n) is 17.4. The van der Waals surface area contributed by atoms with Crippen molar-refractivity contribution in [3.05, 3.63) is 300 Å². The fraction of sp³-hybridized carbons (Fsp3) is 0.103. The van der Waals surface area contributed by atoms with Crippen molar-refractivity contribution < 1.29 is 0 Å². The molecule has 0 saturated heterocycles. The summed E-state index contributed by atoms with van der Waals surface area (Å²) in [6.07, 6.45) is 0. The van der Waals surface area contributed by atoms with Crippen molar-refractivity contribution in [2.24, 2.45) is 0 Å². The van der Waals surface area contributed by atoms with Gasteiger partial charge < -0.3 is 9.80 Å². The summed E-state index contributed by atoms with van der Waals surface area (Å²) >= 11 is 0. The number of anilines is 6. The van der Waals surface area contributed by atoms with Gasteiger partial charge >= 0.3 is 0 Å². The number of aryl methyl sites for hydroxylation is 2. The molecule has 0 saturated carbocycles. The van der Waals surface area contributed by atoms with Gasteiger partial charge in [0.25, 0.3) is 0 Å². The third kappa shape index (κ3) is 8.25. The fourth-order valence-electron chi connectivity index (χ4n) is 12.9. The molecule has 384 valence electrons. The molecule has 0 unspecified atom stereocenters. The van der Waals surface area contributed by atoms with Crippen LogP contribution in [-0.4, -0.2) is 0 Å². The Kier molecular flexibility index (Phi) is 11.7. The van der Waals surface area contributed by atoms with Crippen molar-refractivity contribution in [1.29, 1.82) is 0 Å². The summed E-state index contributed by atoms with van der Waals surface area (Å²) < 4.78 is 0. The van der Waals surface area contributed by atoms with E-state index < -0.39 is 0 Å². The molecule has 0 atom stereocenters. The Hall–Kier alpha value is -9.50. The molecule has 0 heterocycles. The van der Waals surface area contributed by atoms with Gasteiger partial charge in [-0.05, 0) is 158 Å². The third-order valence-corrected chi connectivity index (χ3v) is 17.4. The van der Waals surface area contributed by atoms with E-state index in [0.29, 0.717) is 0 Å². The summed E-state index contributed by atoms with van der Waals surface area (Å²) in [4.78, 5) is 4.95. The van der Waals surface area contributed by atoms with Crippen LogP contribution in [0.4, 0.5) is 34.1 Å². The Bertz CT molecular complexity index is 4430. The minimum Gasteiger partial charge on any atom is -0.309 e. The number of benzene rings is 13. The standard InChI is InChI=1S/C78H62N2/c1-51-29-38-63(39-30-51)79(75-67-25-11-7-17-57(67)45-58-18-8-12-26-68(58)75)65-24-16-23-62(49-65)77(3,4)61-22-15-21-55(47-61)53-33-35-54(36-34-53)56-37-43-71-72-44-42-66(50-74(72)78(5,6)73(71)48-56)80(64-40-31-52(2)32-41-64)76-69-27-13-9-19-59(69)46-60-20-10-14-28-70(60)76/h7-50H,1-6H3. The lowest BCUT2D eigenvalue weighted by molar-refractivity contribution is 0.641. The molecule has 0 fully saturated rings. The van der Waals surface area contributed by atoms with Crippen molar-refractivity contribution in [2.75, 3.05) is 9.80 Å². The van der Waals surface area contributed by atoms with Crippen LogP contribution in [0.5, 0.6) is 0 Å². The van der Waals surface area contributed by atoms with E-state index in [4.69, 9.17) is 0 Å². The van der Waals surface area contributed by atoms with E-state index in [-0.39, 0.29) is 10.8 Å². The lowest BCUT2D eigenvalue weighted by Gasteiger charge is -2.31. The first-order valence-corrected chi connectivity index (χ1v) is 28.1. The molecule has 0 spiro atoms. The quantitative estimate of drug-likeness (QED) is 0.126. The van der Waals surface area contributed by atoms with Crippen LogP contribution >= 0.6 is 0 Å². The van der Waals surface area contributed by atoms with Crippen molar-refractivity contribution in [3.63, 3.8) is 0 Å². The van der Waals surface area contributed by atoms with Crippen LogP contribution < -0.4 is 9.80 Å². The second-order valence-electron chi connectivity index (χ2n) is 23.1. The highest BCUT2D eigenvalue weighted by atomic mass is 15.2. The first-order valence-electron chi connectivity index (χ1n) is 28.1. The summed E-state index contributed by atoms with van der Waals surface area (Å²) in [7, 11) is 0. The summed E-state index contributed by atoms with van der Waals surface area (Å²) in [5, 5.41) is 9.83. The monoisotopic (exact) mass is 1030 g/mol. The van der Waals surface area contributed by atoms with Gasteiger partial charge in [-0.2, -0.15) is 0 Å². The average Bonchev–Trinajstić information content (AvgIpc) is 3.90. The second-order valence-corrected chi connectivity index (χ2v) is 23.1. The lowest BCUT2D eigenvalue weighted by Crippen LogP contribution is -2.20. The molecule has 1 aliphatic carbocycles. The van der Waals surface area contributed by atoms with Crippen molar-refractivity contribution in [2.45, 2.75) is 52.4 Å². The SMILES string of the molecule is Cc1ccc(N(c2cccc(C(C)(C)c3cccc(-c4ccc(-c5ccc6c(c5)C(C)(C)c5cc(N(c7ccc(C)cc7)c7c8ccccc8cc8ccccc78)ccc5-6)cc4)c3)c2)c2c3ccccc3cc3ccccc23)cc1. The Morgan fingerprint density at radius 2 is 0.675 bits per heavy atom.